The summed E-state index contributed by atoms with van der Waals surface area (Å²) in [7, 11) is 1.64. The molecule has 0 unspecified atom stereocenters. The molecule has 2 aromatic carbocycles. The molecule has 1 N–H and O–H groups in total. The summed E-state index contributed by atoms with van der Waals surface area (Å²) in [5.41, 5.74) is 3.14. The molecule has 7 heteroatoms. The molecule has 130 valence electrons. The van der Waals surface area contributed by atoms with Crippen molar-refractivity contribution in [3.05, 3.63) is 78.0 Å². The number of ether oxygens (including phenoxy) is 1. The molecule has 0 radical (unpaired) electrons. The van der Waals surface area contributed by atoms with Gasteiger partial charge in [0.2, 0.25) is 5.95 Å². The Hall–Kier alpha value is -3.48. The lowest BCUT2D eigenvalue weighted by atomic mass is 10.1. The second-order valence-electron chi connectivity index (χ2n) is 5.78. The van der Waals surface area contributed by atoms with Crippen molar-refractivity contribution in [3.63, 3.8) is 0 Å². The minimum atomic E-state index is -0.319. The van der Waals surface area contributed by atoms with Gasteiger partial charge in [-0.2, -0.15) is 4.98 Å². The first kappa shape index (κ1) is 16.0. The molecule has 2 aromatic heterocycles. The van der Waals surface area contributed by atoms with E-state index in [2.05, 4.69) is 20.4 Å². The van der Waals surface area contributed by atoms with Gasteiger partial charge in [-0.25, -0.2) is 8.91 Å². The first-order valence-corrected chi connectivity index (χ1v) is 8.06. The first-order valence-electron chi connectivity index (χ1n) is 8.06. The third kappa shape index (κ3) is 3.46. The van der Waals surface area contributed by atoms with Gasteiger partial charge >= 0.3 is 0 Å². The summed E-state index contributed by atoms with van der Waals surface area (Å²) in [4.78, 5) is 8.79. The number of rotatable bonds is 5. The Morgan fingerprint density at radius 3 is 2.88 bits per heavy atom. The molecule has 0 saturated carbocycles. The summed E-state index contributed by atoms with van der Waals surface area (Å²) in [6.45, 7) is 0. The van der Waals surface area contributed by atoms with Crippen molar-refractivity contribution in [2.45, 2.75) is 6.42 Å². The zero-order valence-electron chi connectivity index (χ0n) is 14.1. The molecule has 0 amide bonds. The van der Waals surface area contributed by atoms with E-state index in [9.17, 15) is 4.39 Å². The molecule has 0 fully saturated rings. The van der Waals surface area contributed by atoms with Gasteiger partial charge in [-0.1, -0.05) is 18.2 Å². The highest BCUT2D eigenvalue weighted by Crippen LogP contribution is 2.17. The minimum Gasteiger partial charge on any atom is -0.497 e. The molecule has 4 aromatic rings. The fraction of sp³-hybridized carbons (Fsp3) is 0.105. The number of halogens is 1. The maximum Gasteiger partial charge on any atom is 0.247 e. The van der Waals surface area contributed by atoms with Crippen molar-refractivity contribution < 1.29 is 9.13 Å². The Morgan fingerprint density at radius 2 is 2.04 bits per heavy atom. The van der Waals surface area contributed by atoms with Crippen molar-refractivity contribution in [1.29, 1.82) is 0 Å². The lowest BCUT2D eigenvalue weighted by Gasteiger charge is -2.04. The molecule has 2 heterocycles. The van der Waals surface area contributed by atoms with E-state index in [4.69, 9.17) is 4.74 Å². The average molecular weight is 349 g/mol. The number of nitrogens with one attached hydrogen (secondary N) is 1. The molecule has 6 nitrogen and oxygen atoms in total. The van der Waals surface area contributed by atoms with Crippen LogP contribution < -0.4 is 10.1 Å². The molecule has 0 aliphatic heterocycles. The van der Waals surface area contributed by atoms with Crippen molar-refractivity contribution in [1.82, 2.24) is 19.6 Å². The zero-order chi connectivity index (χ0) is 17.9. The van der Waals surface area contributed by atoms with Gasteiger partial charge in [-0.3, -0.25) is 4.98 Å². The maximum absolute atomic E-state index is 13.3. The summed E-state index contributed by atoms with van der Waals surface area (Å²) in [6.07, 6.45) is 4.15. The Labute approximate surface area is 149 Å². The summed E-state index contributed by atoms with van der Waals surface area (Å²) in [5, 5.41) is 7.37. The van der Waals surface area contributed by atoms with Gasteiger partial charge < -0.3 is 10.1 Å². The van der Waals surface area contributed by atoms with Crippen LogP contribution in [-0.2, 0) is 6.42 Å². The number of hydrogen-bond acceptors (Lipinski definition) is 5. The maximum atomic E-state index is 13.3. The van der Waals surface area contributed by atoms with E-state index in [1.54, 1.807) is 30.0 Å². The smallest absolute Gasteiger partial charge is 0.247 e. The van der Waals surface area contributed by atoms with Gasteiger partial charge in [0.15, 0.2) is 5.65 Å². The normalized spacial score (nSPS) is 10.8. The highest BCUT2D eigenvalue weighted by molar-refractivity contribution is 5.55. The second kappa shape index (κ2) is 6.79. The quantitative estimate of drug-likeness (QED) is 0.596. The van der Waals surface area contributed by atoms with Gasteiger partial charge in [-0.05, 0) is 35.9 Å². The molecule has 0 aliphatic carbocycles. The number of fused-ring (bicyclic) bond motifs is 1. The molecule has 0 aliphatic rings. The molecular weight excluding hydrogens is 333 g/mol. The van der Waals surface area contributed by atoms with Crippen molar-refractivity contribution in [2.24, 2.45) is 0 Å². The summed E-state index contributed by atoms with van der Waals surface area (Å²) in [5.74, 6) is 0.878. The van der Waals surface area contributed by atoms with Crippen LogP contribution in [0.25, 0.3) is 5.65 Å². The minimum absolute atomic E-state index is 0.319. The van der Waals surface area contributed by atoms with E-state index < -0.39 is 0 Å². The van der Waals surface area contributed by atoms with Crippen LogP contribution in [0.5, 0.6) is 5.75 Å². The van der Waals surface area contributed by atoms with E-state index in [0.717, 1.165) is 17.0 Å². The van der Waals surface area contributed by atoms with Crippen LogP contribution in [0.1, 0.15) is 11.3 Å². The first-order chi connectivity index (χ1) is 12.7. The predicted octanol–water partition coefficient (Wildman–Crippen LogP) is 3.61. The fourth-order valence-electron chi connectivity index (χ4n) is 2.66. The third-order valence-corrected chi connectivity index (χ3v) is 3.87. The molecule has 0 atom stereocenters. The van der Waals surface area contributed by atoms with Gasteiger partial charge in [0, 0.05) is 12.1 Å². The molecule has 0 bridgehead atoms. The molecule has 4 rings (SSSR count). The van der Waals surface area contributed by atoms with Crippen LogP contribution in [0.4, 0.5) is 16.0 Å². The fourth-order valence-corrected chi connectivity index (χ4v) is 2.66. The van der Waals surface area contributed by atoms with Crippen LogP contribution in [0, 0.1) is 5.82 Å². The monoisotopic (exact) mass is 349 g/mol. The lowest BCUT2D eigenvalue weighted by molar-refractivity contribution is 0.414. The number of hydrogen-bond donors (Lipinski definition) is 1. The summed E-state index contributed by atoms with van der Waals surface area (Å²) in [6, 6.07) is 14.0. The van der Waals surface area contributed by atoms with Gasteiger partial charge in [-0.15, -0.1) is 5.10 Å². The zero-order valence-corrected chi connectivity index (χ0v) is 14.1. The van der Waals surface area contributed by atoms with Gasteiger partial charge in [0.05, 0.1) is 25.2 Å². The van der Waals surface area contributed by atoms with Crippen LogP contribution in [-0.4, -0.2) is 26.7 Å². The Bertz CT molecular complexity index is 1060. The summed E-state index contributed by atoms with van der Waals surface area (Å²) >= 11 is 0. The van der Waals surface area contributed by atoms with E-state index in [-0.39, 0.29) is 5.82 Å². The third-order valence-electron chi connectivity index (χ3n) is 3.87. The van der Waals surface area contributed by atoms with Crippen LogP contribution >= 0.6 is 0 Å². The lowest BCUT2D eigenvalue weighted by Crippen LogP contribution is -1.98. The largest absolute Gasteiger partial charge is 0.497 e. The van der Waals surface area contributed by atoms with Crippen LogP contribution in [0.3, 0.4) is 0 Å². The van der Waals surface area contributed by atoms with Crippen molar-refractivity contribution in [2.75, 3.05) is 12.4 Å². The van der Waals surface area contributed by atoms with Crippen molar-refractivity contribution in [3.8, 4) is 5.75 Å². The van der Waals surface area contributed by atoms with Gasteiger partial charge in [0.25, 0.3) is 0 Å². The predicted molar refractivity (Wildman–Crippen MR) is 96.3 cm³/mol. The Kier molecular flexibility index (Phi) is 4.18. The number of nitrogens with zero attached hydrogens (tertiary/aromatic N) is 4. The molecule has 0 spiro atoms. The number of anilines is 2. The van der Waals surface area contributed by atoms with E-state index >= 15 is 0 Å². The number of methoxy groups -OCH3 is 1. The molecule has 0 saturated heterocycles. The standard InChI is InChI=1S/C19H16FN5O/c1-26-17-7-2-4-13(9-17)8-16-12-25-18(11-21-16)23-19(24-25)22-15-6-3-5-14(20)10-15/h2-7,9-12H,8H2,1H3,(H,22,24). The van der Waals surface area contributed by atoms with Gasteiger partial charge in [0.1, 0.15) is 11.6 Å². The second-order valence-corrected chi connectivity index (χ2v) is 5.78. The summed E-state index contributed by atoms with van der Waals surface area (Å²) < 4.78 is 20.2. The molecular formula is C19H16FN5O. The average Bonchev–Trinajstić information content (AvgIpc) is 3.03. The highest BCUT2D eigenvalue weighted by Gasteiger charge is 2.07. The number of aromatic nitrogens is 4. The van der Waals surface area contributed by atoms with Crippen LogP contribution in [0.15, 0.2) is 60.9 Å². The van der Waals surface area contributed by atoms with E-state index in [1.165, 1.54) is 12.1 Å². The van der Waals surface area contributed by atoms with E-state index in [1.807, 2.05) is 30.5 Å². The Balaban J connectivity index is 1.57. The topological polar surface area (TPSA) is 64.3 Å². The SMILES string of the molecule is COc1cccc(Cc2cn3nc(Nc4cccc(F)c4)nc3cn2)c1. The highest BCUT2D eigenvalue weighted by atomic mass is 19.1. The van der Waals surface area contributed by atoms with Crippen molar-refractivity contribution >= 4 is 17.3 Å². The Morgan fingerprint density at radius 1 is 1.15 bits per heavy atom. The van der Waals surface area contributed by atoms with E-state index in [0.29, 0.717) is 23.7 Å². The molecule has 26 heavy (non-hydrogen) atoms. The number of benzene rings is 2. The van der Waals surface area contributed by atoms with Crippen LogP contribution in [0.2, 0.25) is 0 Å².